The van der Waals surface area contributed by atoms with Gasteiger partial charge in [0.25, 0.3) is 0 Å². The number of phenolic OH excluding ortho intramolecular Hbond substituents is 1. The molecule has 0 saturated heterocycles. The molecule has 0 atom stereocenters. The van der Waals surface area contributed by atoms with E-state index in [2.05, 4.69) is 22.4 Å². The van der Waals surface area contributed by atoms with Crippen molar-refractivity contribution in [3.63, 3.8) is 0 Å². The third-order valence-corrected chi connectivity index (χ3v) is 6.30. The maximum absolute atomic E-state index is 12.4. The Morgan fingerprint density at radius 2 is 1.88 bits per heavy atom. The first-order chi connectivity index (χ1) is 12.6. The number of phenols is 1. The molecule has 4 aliphatic rings. The third kappa shape index (κ3) is 3.35. The van der Waals surface area contributed by atoms with E-state index in [0.717, 1.165) is 42.6 Å². The van der Waals surface area contributed by atoms with Gasteiger partial charge in [0.2, 0.25) is 0 Å². The van der Waals surface area contributed by atoms with Gasteiger partial charge in [0.15, 0.2) is 0 Å². The molecule has 1 aromatic rings. The lowest BCUT2D eigenvalue weighted by Crippen LogP contribution is -2.61. The number of benzene rings is 1. The molecule has 5 nitrogen and oxygen atoms in total. The molecular formula is C21H27N3O2. The van der Waals surface area contributed by atoms with Gasteiger partial charge in [-0.3, -0.25) is 0 Å². The minimum Gasteiger partial charge on any atom is -0.507 e. The molecule has 3 N–H and O–H groups in total. The van der Waals surface area contributed by atoms with Crippen molar-refractivity contribution in [1.82, 2.24) is 10.7 Å². The van der Waals surface area contributed by atoms with E-state index >= 15 is 0 Å². The Hall–Kier alpha value is -2.30. The second kappa shape index (κ2) is 6.78. The number of hydrogen-bond donors (Lipinski definition) is 3. The van der Waals surface area contributed by atoms with Crippen LogP contribution < -0.4 is 10.7 Å². The quantitative estimate of drug-likeness (QED) is 0.429. The van der Waals surface area contributed by atoms with Crippen LogP contribution in [0.15, 0.2) is 36.0 Å². The number of hydrogen-bond acceptors (Lipinski definition) is 3. The maximum Gasteiger partial charge on any atom is 0.335 e. The molecule has 4 bridgehead atoms. The summed E-state index contributed by atoms with van der Waals surface area (Å²) in [6, 6.07) is 5.23. The molecule has 0 radical (unpaired) electrons. The summed E-state index contributed by atoms with van der Waals surface area (Å²) >= 11 is 0. The van der Waals surface area contributed by atoms with Crippen LogP contribution in [-0.4, -0.2) is 22.9 Å². The van der Waals surface area contributed by atoms with Crippen molar-refractivity contribution >= 4 is 12.2 Å². The average molecular weight is 353 g/mol. The lowest BCUT2D eigenvalue weighted by molar-refractivity contribution is -0.0135. The second-order valence-corrected chi connectivity index (χ2v) is 8.37. The zero-order valence-corrected chi connectivity index (χ0v) is 15.1. The van der Waals surface area contributed by atoms with Gasteiger partial charge < -0.3 is 10.4 Å². The van der Waals surface area contributed by atoms with E-state index in [-0.39, 0.29) is 17.3 Å². The molecule has 0 unspecified atom stereocenters. The van der Waals surface area contributed by atoms with Gasteiger partial charge in [0, 0.05) is 11.1 Å². The van der Waals surface area contributed by atoms with Crippen molar-refractivity contribution < 1.29 is 9.90 Å². The monoisotopic (exact) mass is 353 g/mol. The van der Waals surface area contributed by atoms with E-state index in [1.54, 1.807) is 12.1 Å². The van der Waals surface area contributed by atoms with E-state index in [1.807, 2.05) is 12.1 Å². The van der Waals surface area contributed by atoms with Crippen molar-refractivity contribution in [2.24, 2.45) is 22.9 Å². The van der Waals surface area contributed by atoms with Crippen LogP contribution in [0.4, 0.5) is 4.79 Å². The van der Waals surface area contributed by atoms with Gasteiger partial charge in [-0.15, -0.1) is 6.58 Å². The molecule has 26 heavy (non-hydrogen) atoms. The number of carbonyl (C=O) groups excluding carboxylic acids is 1. The predicted molar refractivity (Wildman–Crippen MR) is 102 cm³/mol. The standard InChI is InChI=1S/C21H27N3O2/c1-2-4-17-5-3-6-18(19(17)25)13-22-24-20(26)23-21-10-14-7-15(11-21)9-16(8-14)12-21/h2-3,5-6,13-16,25H,1,4,7-12H2,(H2,23,24,26)/b22-13-. The molecule has 4 fully saturated rings. The van der Waals surface area contributed by atoms with Crippen LogP contribution in [0, 0.1) is 17.8 Å². The number of carbonyl (C=O) groups is 1. The molecule has 2 amide bonds. The lowest BCUT2D eigenvalue weighted by Gasteiger charge is -2.56. The molecule has 1 aromatic carbocycles. The fraction of sp³-hybridized carbons (Fsp3) is 0.524. The average Bonchev–Trinajstić information content (AvgIpc) is 2.56. The Kier molecular flexibility index (Phi) is 4.47. The van der Waals surface area contributed by atoms with Crippen LogP contribution >= 0.6 is 0 Å². The first kappa shape index (κ1) is 17.1. The molecule has 0 heterocycles. The summed E-state index contributed by atoms with van der Waals surface area (Å²) in [5.41, 5.74) is 3.92. The molecule has 4 aliphatic carbocycles. The molecule has 0 aliphatic heterocycles. The second-order valence-electron chi connectivity index (χ2n) is 8.37. The zero-order valence-electron chi connectivity index (χ0n) is 15.1. The van der Waals surface area contributed by atoms with E-state index < -0.39 is 0 Å². The van der Waals surface area contributed by atoms with Crippen LogP contribution in [-0.2, 0) is 6.42 Å². The van der Waals surface area contributed by atoms with Crippen LogP contribution in [0.5, 0.6) is 5.75 Å². The Balaban J connectivity index is 1.37. The van der Waals surface area contributed by atoms with E-state index in [9.17, 15) is 9.90 Å². The molecule has 0 spiro atoms. The number of urea groups is 1. The minimum absolute atomic E-state index is 0.0274. The van der Waals surface area contributed by atoms with Crippen molar-refractivity contribution in [3.8, 4) is 5.75 Å². The number of amides is 2. The number of hydrazone groups is 1. The Bertz CT molecular complexity index is 705. The van der Waals surface area contributed by atoms with Gasteiger partial charge >= 0.3 is 6.03 Å². The highest BCUT2D eigenvalue weighted by Crippen LogP contribution is 2.55. The fourth-order valence-corrected chi connectivity index (χ4v) is 5.73. The number of rotatable bonds is 5. The van der Waals surface area contributed by atoms with Gasteiger partial charge in [-0.05, 0) is 74.3 Å². The highest BCUT2D eigenvalue weighted by atomic mass is 16.3. The lowest BCUT2D eigenvalue weighted by atomic mass is 9.53. The summed E-state index contributed by atoms with van der Waals surface area (Å²) in [5.74, 6) is 2.54. The first-order valence-corrected chi connectivity index (χ1v) is 9.60. The number of allylic oxidation sites excluding steroid dienone is 1. The van der Waals surface area contributed by atoms with Crippen LogP contribution in [0.2, 0.25) is 0 Å². The Labute approximate surface area is 154 Å². The number of nitrogens with zero attached hydrogens (tertiary/aromatic N) is 1. The number of nitrogens with one attached hydrogen (secondary N) is 2. The summed E-state index contributed by atoms with van der Waals surface area (Å²) in [7, 11) is 0. The number of para-hydroxylation sites is 1. The molecule has 5 rings (SSSR count). The smallest absolute Gasteiger partial charge is 0.335 e. The highest BCUT2D eigenvalue weighted by molar-refractivity contribution is 5.85. The maximum atomic E-state index is 12.4. The Morgan fingerprint density at radius 1 is 1.23 bits per heavy atom. The third-order valence-electron chi connectivity index (χ3n) is 6.30. The molecule has 0 aromatic heterocycles. The van der Waals surface area contributed by atoms with Crippen LogP contribution in [0.3, 0.4) is 0 Å². The predicted octanol–water partition coefficient (Wildman–Crippen LogP) is 3.72. The SMILES string of the molecule is C=CCc1cccc(/C=N\NC(=O)NC23CC4CC(CC(C4)C2)C3)c1O. The fourth-order valence-electron chi connectivity index (χ4n) is 5.73. The van der Waals surface area contributed by atoms with Crippen molar-refractivity contribution in [2.45, 2.75) is 50.5 Å². The normalized spacial score (nSPS) is 31.9. The van der Waals surface area contributed by atoms with Gasteiger partial charge in [0.1, 0.15) is 5.75 Å². The summed E-state index contributed by atoms with van der Waals surface area (Å²) in [5, 5.41) is 17.5. The van der Waals surface area contributed by atoms with E-state index in [1.165, 1.54) is 25.5 Å². The van der Waals surface area contributed by atoms with Crippen molar-refractivity contribution in [2.75, 3.05) is 0 Å². The minimum atomic E-state index is -0.245. The molecule has 138 valence electrons. The van der Waals surface area contributed by atoms with E-state index in [0.29, 0.717) is 12.0 Å². The van der Waals surface area contributed by atoms with Crippen molar-refractivity contribution in [3.05, 3.63) is 42.0 Å². The largest absolute Gasteiger partial charge is 0.507 e. The topological polar surface area (TPSA) is 73.7 Å². The van der Waals surface area contributed by atoms with Gasteiger partial charge in [0.05, 0.1) is 6.21 Å². The molecule has 4 saturated carbocycles. The highest BCUT2D eigenvalue weighted by Gasteiger charge is 2.51. The molecular weight excluding hydrogens is 326 g/mol. The summed E-state index contributed by atoms with van der Waals surface area (Å²) < 4.78 is 0. The summed E-state index contributed by atoms with van der Waals surface area (Å²) in [6.45, 7) is 3.69. The Morgan fingerprint density at radius 3 is 2.50 bits per heavy atom. The van der Waals surface area contributed by atoms with E-state index in [4.69, 9.17) is 0 Å². The van der Waals surface area contributed by atoms with Crippen molar-refractivity contribution in [1.29, 1.82) is 0 Å². The van der Waals surface area contributed by atoms with Gasteiger partial charge in [-0.25, -0.2) is 10.2 Å². The zero-order chi connectivity index (χ0) is 18.1. The first-order valence-electron chi connectivity index (χ1n) is 9.60. The summed E-state index contributed by atoms with van der Waals surface area (Å²) in [6.07, 6.45) is 11.2. The van der Waals surface area contributed by atoms with Crippen LogP contribution in [0.25, 0.3) is 0 Å². The van der Waals surface area contributed by atoms with Crippen LogP contribution in [0.1, 0.15) is 49.7 Å². The summed E-state index contributed by atoms with van der Waals surface area (Å²) in [4.78, 5) is 12.4. The number of aromatic hydroxyl groups is 1. The van der Waals surface area contributed by atoms with Gasteiger partial charge in [-0.1, -0.05) is 18.2 Å². The molecule has 5 heteroatoms. The van der Waals surface area contributed by atoms with Gasteiger partial charge in [-0.2, -0.15) is 5.10 Å².